The molecule has 0 fully saturated rings. The highest BCUT2D eigenvalue weighted by Gasteiger charge is 2.27. The van der Waals surface area contributed by atoms with E-state index in [1.54, 1.807) is 57.3 Å². The van der Waals surface area contributed by atoms with Crippen molar-refractivity contribution in [3.8, 4) is 16.9 Å². The fraction of sp³-hybridized carbons (Fsp3) is 0.174. The smallest absolute Gasteiger partial charge is 0.316 e. The summed E-state index contributed by atoms with van der Waals surface area (Å²) in [5.74, 6) is -0.443. The summed E-state index contributed by atoms with van der Waals surface area (Å²) in [7, 11) is 0. The Kier molecular flexibility index (Phi) is 5.17. The van der Waals surface area contributed by atoms with Crippen LogP contribution in [0.4, 0.5) is 0 Å². The first kappa shape index (κ1) is 18.5. The number of esters is 1. The number of ketones is 1. The van der Waals surface area contributed by atoms with Gasteiger partial charge in [0, 0.05) is 6.20 Å². The Morgan fingerprint density at radius 2 is 1.56 bits per heavy atom. The molecule has 0 unspecified atom stereocenters. The largest absolute Gasteiger partial charge is 0.425 e. The summed E-state index contributed by atoms with van der Waals surface area (Å²) in [6, 6.07) is 20.0. The zero-order valence-corrected chi connectivity index (χ0v) is 15.6. The van der Waals surface area contributed by atoms with Gasteiger partial charge in [0.05, 0.1) is 11.0 Å². The average molecular weight is 359 g/mol. The second-order valence-electron chi connectivity index (χ2n) is 7.23. The molecule has 0 amide bonds. The maximum Gasteiger partial charge on any atom is 0.316 e. The molecule has 27 heavy (non-hydrogen) atoms. The van der Waals surface area contributed by atoms with E-state index in [9.17, 15) is 9.59 Å². The van der Waals surface area contributed by atoms with Gasteiger partial charge in [-0.25, -0.2) is 0 Å². The van der Waals surface area contributed by atoms with Crippen molar-refractivity contribution in [2.24, 2.45) is 5.41 Å². The predicted octanol–water partition coefficient (Wildman–Crippen LogP) is 4.93. The highest BCUT2D eigenvalue weighted by Crippen LogP contribution is 2.33. The van der Waals surface area contributed by atoms with Gasteiger partial charge in [0.1, 0.15) is 11.4 Å². The van der Waals surface area contributed by atoms with Crippen molar-refractivity contribution < 1.29 is 14.3 Å². The Hall–Kier alpha value is -3.27. The van der Waals surface area contributed by atoms with Gasteiger partial charge < -0.3 is 4.74 Å². The van der Waals surface area contributed by atoms with Crippen LogP contribution in [0.2, 0.25) is 0 Å². The molecule has 0 N–H and O–H groups in total. The Morgan fingerprint density at radius 1 is 0.852 bits per heavy atom. The molecule has 0 aliphatic rings. The van der Waals surface area contributed by atoms with Crippen LogP contribution in [-0.2, 0) is 4.79 Å². The number of rotatable bonds is 4. The van der Waals surface area contributed by atoms with E-state index in [0.717, 1.165) is 5.56 Å². The molecule has 0 spiro atoms. The predicted molar refractivity (Wildman–Crippen MR) is 105 cm³/mol. The van der Waals surface area contributed by atoms with E-state index in [2.05, 4.69) is 4.98 Å². The number of pyridine rings is 1. The summed E-state index contributed by atoms with van der Waals surface area (Å²) in [5, 5.41) is 0. The molecule has 4 nitrogen and oxygen atoms in total. The molecular formula is C23H21NO3. The van der Waals surface area contributed by atoms with E-state index in [1.165, 1.54) is 0 Å². The Labute approximate surface area is 158 Å². The Balaban J connectivity index is 2.17. The molecule has 2 aromatic carbocycles. The molecule has 0 aliphatic heterocycles. The van der Waals surface area contributed by atoms with Crippen LogP contribution in [0.3, 0.4) is 0 Å². The lowest BCUT2D eigenvalue weighted by Gasteiger charge is -2.19. The minimum absolute atomic E-state index is 0.243. The summed E-state index contributed by atoms with van der Waals surface area (Å²) in [4.78, 5) is 29.9. The van der Waals surface area contributed by atoms with Crippen LogP contribution >= 0.6 is 0 Å². The lowest BCUT2D eigenvalue weighted by atomic mass is 9.94. The van der Waals surface area contributed by atoms with Gasteiger partial charge in [0.15, 0.2) is 0 Å². The van der Waals surface area contributed by atoms with Crippen molar-refractivity contribution in [3.05, 3.63) is 84.2 Å². The van der Waals surface area contributed by atoms with Crippen molar-refractivity contribution in [2.45, 2.75) is 20.8 Å². The summed E-state index contributed by atoms with van der Waals surface area (Å²) in [6.45, 7) is 5.32. The van der Waals surface area contributed by atoms with Gasteiger partial charge in [-0.3, -0.25) is 14.6 Å². The van der Waals surface area contributed by atoms with Gasteiger partial charge in [0.25, 0.3) is 0 Å². The molecule has 1 heterocycles. The lowest BCUT2D eigenvalue weighted by Crippen LogP contribution is -2.26. The van der Waals surface area contributed by atoms with Crippen molar-refractivity contribution in [3.63, 3.8) is 0 Å². The van der Waals surface area contributed by atoms with Gasteiger partial charge in [0.2, 0.25) is 5.78 Å². The van der Waals surface area contributed by atoms with Gasteiger partial charge in [-0.05, 0) is 50.1 Å². The molecule has 3 aromatic rings. The SMILES string of the molecule is CC(C)(C)C(=O)Oc1cccc(-c2ccccc2)c1C(=O)c1ccccn1. The van der Waals surface area contributed by atoms with Crippen LogP contribution in [0.15, 0.2) is 72.9 Å². The number of ether oxygens (including phenoxy) is 1. The lowest BCUT2D eigenvalue weighted by molar-refractivity contribution is -0.143. The Morgan fingerprint density at radius 3 is 2.19 bits per heavy atom. The fourth-order valence-corrected chi connectivity index (χ4v) is 2.59. The first-order valence-corrected chi connectivity index (χ1v) is 8.74. The van der Waals surface area contributed by atoms with E-state index >= 15 is 0 Å². The number of carbonyl (C=O) groups is 2. The molecule has 0 radical (unpaired) electrons. The maximum absolute atomic E-state index is 13.2. The van der Waals surface area contributed by atoms with Gasteiger partial charge in [-0.2, -0.15) is 0 Å². The Bertz CT molecular complexity index is 958. The molecule has 0 aliphatic carbocycles. The van der Waals surface area contributed by atoms with Crippen molar-refractivity contribution in [1.29, 1.82) is 0 Å². The molecule has 136 valence electrons. The summed E-state index contributed by atoms with van der Waals surface area (Å²) in [6.07, 6.45) is 1.57. The quantitative estimate of drug-likeness (QED) is 0.376. The minimum atomic E-state index is -0.686. The molecule has 0 saturated carbocycles. The molecular weight excluding hydrogens is 338 g/mol. The van der Waals surface area contributed by atoms with Crippen LogP contribution in [0.5, 0.6) is 5.75 Å². The second-order valence-corrected chi connectivity index (χ2v) is 7.23. The van der Waals surface area contributed by atoms with Crippen LogP contribution < -0.4 is 4.74 Å². The monoisotopic (exact) mass is 359 g/mol. The molecule has 4 heteroatoms. The first-order valence-electron chi connectivity index (χ1n) is 8.74. The van der Waals surface area contributed by atoms with Crippen LogP contribution in [0.1, 0.15) is 36.8 Å². The standard InChI is InChI=1S/C23H21NO3/c1-23(2,3)22(26)27-19-14-9-12-17(16-10-5-4-6-11-16)20(19)21(25)18-13-7-8-15-24-18/h4-15H,1-3H3. The highest BCUT2D eigenvalue weighted by molar-refractivity contribution is 6.14. The van der Waals surface area contributed by atoms with E-state index < -0.39 is 11.4 Å². The third-order valence-electron chi connectivity index (χ3n) is 4.05. The summed E-state index contributed by atoms with van der Waals surface area (Å²) in [5.41, 5.74) is 1.51. The zero-order chi connectivity index (χ0) is 19.4. The van der Waals surface area contributed by atoms with E-state index in [1.807, 2.05) is 36.4 Å². The average Bonchev–Trinajstić information content (AvgIpc) is 2.68. The first-order chi connectivity index (χ1) is 12.9. The van der Waals surface area contributed by atoms with E-state index in [0.29, 0.717) is 16.8 Å². The summed E-state index contributed by atoms with van der Waals surface area (Å²) >= 11 is 0. The molecule has 0 bridgehead atoms. The number of benzene rings is 2. The topological polar surface area (TPSA) is 56.3 Å². The zero-order valence-electron chi connectivity index (χ0n) is 15.6. The van der Waals surface area contributed by atoms with E-state index in [-0.39, 0.29) is 11.5 Å². The van der Waals surface area contributed by atoms with Crippen molar-refractivity contribution in [2.75, 3.05) is 0 Å². The number of carbonyl (C=O) groups excluding carboxylic acids is 2. The third kappa shape index (κ3) is 4.11. The van der Waals surface area contributed by atoms with Crippen molar-refractivity contribution in [1.82, 2.24) is 4.98 Å². The van der Waals surface area contributed by atoms with Gasteiger partial charge in [-0.15, -0.1) is 0 Å². The number of aromatic nitrogens is 1. The number of hydrogen-bond donors (Lipinski definition) is 0. The van der Waals surface area contributed by atoms with Gasteiger partial charge in [-0.1, -0.05) is 48.5 Å². The molecule has 0 atom stereocenters. The van der Waals surface area contributed by atoms with Crippen LogP contribution in [0, 0.1) is 5.41 Å². The molecule has 0 saturated heterocycles. The molecule has 1 aromatic heterocycles. The number of nitrogens with zero attached hydrogens (tertiary/aromatic N) is 1. The fourth-order valence-electron chi connectivity index (χ4n) is 2.59. The van der Waals surface area contributed by atoms with Crippen molar-refractivity contribution >= 4 is 11.8 Å². The maximum atomic E-state index is 13.2. The number of hydrogen-bond acceptors (Lipinski definition) is 4. The summed E-state index contributed by atoms with van der Waals surface area (Å²) < 4.78 is 5.63. The van der Waals surface area contributed by atoms with Crippen LogP contribution in [-0.4, -0.2) is 16.7 Å². The van der Waals surface area contributed by atoms with Gasteiger partial charge >= 0.3 is 5.97 Å². The normalized spacial score (nSPS) is 11.1. The molecule has 3 rings (SSSR count). The van der Waals surface area contributed by atoms with Crippen LogP contribution in [0.25, 0.3) is 11.1 Å². The minimum Gasteiger partial charge on any atom is -0.425 e. The highest BCUT2D eigenvalue weighted by atomic mass is 16.5. The second kappa shape index (κ2) is 7.54. The third-order valence-corrected chi connectivity index (χ3v) is 4.05. The van der Waals surface area contributed by atoms with E-state index in [4.69, 9.17) is 4.74 Å².